The SMILES string of the molecule is COC(=O)[C@@H]1CNC[C@H]1c1ccccc1Br. The van der Waals surface area contributed by atoms with Gasteiger partial charge in [-0.2, -0.15) is 0 Å². The number of nitrogens with one attached hydrogen (secondary N) is 1. The monoisotopic (exact) mass is 283 g/mol. The van der Waals surface area contributed by atoms with Crippen molar-refractivity contribution in [3.8, 4) is 0 Å². The standard InChI is InChI=1S/C12H14BrNO2/c1-16-12(15)10-7-14-6-9(10)8-4-2-3-5-11(8)13/h2-5,9-10,14H,6-7H2,1H3/t9-,10+/m0/s1. The van der Waals surface area contributed by atoms with Crippen molar-refractivity contribution < 1.29 is 9.53 Å². The molecule has 3 nitrogen and oxygen atoms in total. The summed E-state index contributed by atoms with van der Waals surface area (Å²) in [7, 11) is 1.44. The maximum absolute atomic E-state index is 11.6. The molecular weight excluding hydrogens is 270 g/mol. The number of hydrogen-bond donors (Lipinski definition) is 1. The largest absolute Gasteiger partial charge is 0.469 e. The lowest BCUT2D eigenvalue weighted by Crippen LogP contribution is -2.23. The Hall–Kier alpha value is -0.870. The molecule has 0 saturated carbocycles. The summed E-state index contributed by atoms with van der Waals surface area (Å²) in [5.74, 6) is -0.0162. The predicted octanol–water partition coefficient (Wildman–Crippen LogP) is 1.93. The molecule has 0 aliphatic carbocycles. The average Bonchev–Trinajstić information content (AvgIpc) is 2.77. The summed E-state index contributed by atoms with van der Waals surface area (Å²) in [5.41, 5.74) is 1.17. The van der Waals surface area contributed by atoms with Crippen molar-refractivity contribution in [3.05, 3.63) is 34.3 Å². The molecule has 1 fully saturated rings. The summed E-state index contributed by atoms with van der Waals surface area (Å²) in [6.45, 7) is 1.51. The highest BCUT2D eigenvalue weighted by Crippen LogP contribution is 2.33. The van der Waals surface area contributed by atoms with Crippen molar-refractivity contribution in [2.75, 3.05) is 20.2 Å². The molecular formula is C12H14BrNO2. The first-order valence-corrected chi connectivity index (χ1v) is 6.06. The zero-order valence-corrected chi connectivity index (χ0v) is 10.7. The number of methoxy groups -OCH3 is 1. The van der Waals surface area contributed by atoms with E-state index in [4.69, 9.17) is 4.74 Å². The van der Waals surface area contributed by atoms with Gasteiger partial charge in [0.25, 0.3) is 0 Å². The first-order chi connectivity index (χ1) is 7.74. The van der Waals surface area contributed by atoms with E-state index >= 15 is 0 Å². The summed E-state index contributed by atoms with van der Waals surface area (Å²) in [4.78, 5) is 11.6. The number of carbonyl (C=O) groups is 1. The average molecular weight is 284 g/mol. The second-order valence-electron chi connectivity index (χ2n) is 3.92. The van der Waals surface area contributed by atoms with Crippen LogP contribution >= 0.6 is 15.9 Å². The second-order valence-corrected chi connectivity index (χ2v) is 4.77. The molecule has 1 N–H and O–H groups in total. The summed E-state index contributed by atoms with van der Waals surface area (Å²) in [6, 6.07) is 8.02. The third-order valence-corrected chi connectivity index (χ3v) is 3.75. The Bertz CT molecular complexity index is 394. The van der Waals surface area contributed by atoms with Crippen LogP contribution in [0.15, 0.2) is 28.7 Å². The zero-order valence-electron chi connectivity index (χ0n) is 9.07. The molecule has 1 aromatic carbocycles. The highest BCUT2D eigenvalue weighted by Gasteiger charge is 2.35. The molecule has 4 heteroatoms. The Morgan fingerprint density at radius 1 is 1.44 bits per heavy atom. The fraction of sp³-hybridized carbons (Fsp3) is 0.417. The number of esters is 1. The van der Waals surface area contributed by atoms with Gasteiger partial charge in [-0.3, -0.25) is 4.79 Å². The van der Waals surface area contributed by atoms with Crippen LogP contribution in [0.5, 0.6) is 0 Å². The molecule has 1 aliphatic rings. The Labute approximate surface area is 103 Å². The first-order valence-electron chi connectivity index (χ1n) is 5.27. The molecule has 0 spiro atoms. The highest BCUT2D eigenvalue weighted by molar-refractivity contribution is 9.10. The van der Waals surface area contributed by atoms with Crippen molar-refractivity contribution in [2.24, 2.45) is 5.92 Å². The lowest BCUT2D eigenvalue weighted by Gasteiger charge is -2.17. The van der Waals surface area contributed by atoms with Gasteiger partial charge in [-0.15, -0.1) is 0 Å². The third kappa shape index (κ3) is 2.13. The smallest absolute Gasteiger partial charge is 0.310 e. The molecule has 2 atom stereocenters. The third-order valence-electron chi connectivity index (χ3n) is 3.02. The Morgan fingerprint density at radius 2 is 2.19 bits per heavy atom. The van der Waals surface area contributed by atoms with E-state index in [0.717, 1.165) is 11.0 Å². The van der Waals surface area contributed by atoms with E-state index in [1.807, 2.05) is 18.2 Å². The van der Waals surface area contributed by atoms with E-state index in [1.54, 1.807) is 0 Å². The molecule has 86 valence electrons. The van der Waals surface area contributed by atoms with Crippen LogP contribution in [0.3, 0.4) is 0 Å². The summed E-state index contributed by atoms with van der Waals surface area (Å²) >= 11 is 3.52. The van der Waals surface area contributed by atoms with Crippen molar-refractivity contribution in [3.63, 3.8) is 0 Å². The lowest BCUT2D eigenvalue weighted by atomic mass is 9.89. The molecule has 1 heterocycles. The molecule has 0 amide bonds. The summed E-state index contributed by atoms with van der Waals surface area (Å²) in [6.07, 6.45) is 0. The zero-order chi connectivity index (χ0) is 11.5. The molecule has 16 heavy (non-hydrogen) atoms. The fourth-order valence-electron chi connectivity index (χ4n) is 2.18. The van der Waals surface area contributed by atoms with Crippen LogP contribution in [0, 0.1) is 5.92 Å². The number of rotatable bonds is 2. The van der Waals surface area contributed by atoms with Crippen molar-refractivity contribution >= 4 is 21.9 Å². The summed E-state index contributed by atoms with van der Waals surface area (Å²) < 4.78 is 5.88. The van der Waals surface area contributed by atoms with Gasteiger partial charge in [0, 0.05) is 23.5 Å². The van der Waals surface area contributed by atoms with E-state index in [0.29, 0.717) is 6.54 Å². The lowest BCUT2D eigenvalue weighted by molar-refractivity contribution is -0.145. The van der Waals surface area contributed by atoms with Crippen LogP contribution in [0.1, 0.15) is 11.5 Å². The number of hydrogen-bond acceptors (Lipinski definition) is 3. The van der Waals surface area contributed by atoms with Crippen LogP contribution in [0.2, 0.25) is 0 Å². The highest BCUT2D eigenvalue weighted by atomic mass is 79.9. The van der Waals surface area contributed by atoms with Crippen LogP contribution in [-0.4, -0.2) is 26.2 Å². The van der Waals surface area contributed by atoms with E-state index < -0.39 is 0 Å². The maximum atomic E-state index is 11.6. The minimum atomic E-state index is -0.134. The van der Waals surface area contributed by atoms with Crippen molar-refractivity contribution in [1.82, 2.24) is 5.32 Å². The number of carbonyl (C=O) groups excluding carboxylic acids is 1. The molecule has 1 aromatic rings. The molecule has 0 radical (unpaired) electrons. The molecule has 0 unspecified atom stereocenters. The predicted molar refractivity (Wildman–Crippen MR) is 65.3 cm³/mol. The van der Waals surface area contributed by atoms with E-state index in [-0.39, 0.29) is 17.8 Å². The fourth-order valence-corrected chi connectivity index (χ4v) is 2.76. The van der Waals surface area contributed by atoms with Gasteiger partial charge in [-0.05, 0) is 11.6 Å². The maximum Gasteiger partial charge on any atom is 0.310 e. The molecule has 0 aromatic heterocycles. The second kappa shape index (κ2) is 4.97. The van der Waals surface area contributed by atoms with Crippen LogP contribution in [0.25, 0.3) is 0 Å². The van der Waals surface area contributed by atoms with E-state index in [9.17, 15) is 4.79 Å². The first kappa shape index (κ1) is 11.6. The van der Waals surface area contributed by atoms with Gasteiger partial charge in [0.1, 0.15) is 0 Å². The van der Waals surface area contributed by atoms with E-state index in [2.05, 4.69) is 27.3 Å². The topological polar surface area (TPSA) is 38.3 Å². The van der Waals surface area contributed by atoms with Gasteiger partial charge >= 0.3 is 5.97 Å². The van der Waals surface area contributed by atoms with Crippen LogP contribution in [0.4, 0.5) is 0 Å². The number of ether oxygens (including phenoxy) is 1. The minimum absolute atomic E-state index is 0.0799. The molecule has 1 saturated heterocycles. The van der Waals surface area contributed by atoms with Gasteiger partial charge in [0.2, 0.25) is 0 Å². The summed E-state index contributed by atoms with van der Waals surface area (Å²) in [5, 5.41) is 3.24. The molecule has 2 rings (SSSR count). The van der Waals surface area contributed by atoms with Crippen molar-refractivity contribution in [2.45, 2.75) is 5.92 Å². The van der Waals surface area contributed by atoms with Gasteiger partial charge < -0.3 is 10.1 Å². The Morgan fingerprint density at radius 3 is 2.88 bits per heavy atom. The van der Waals surface area contributed by atoms with Gasteiger partial charge in [-0.25, -0.2) is 0 Å². The quantitative estimate of drug-likeness (QED) is 0.843. The number of halogens is 1. The Balaban J connectivity index is 2.27. The number of benzene rings is 1. The molecule has 1 aliphatic heterocycles. The van der Waals surface area contributed by atoms with Gasteiger partial charge in [0.05, 0.1) is 13.0 Å². The van der Waals surface area contributed by atoms with Crippen molar-refractivity contribution in [1.29, 1.82) is 0 Å². The van der Waals surface area contributed by atoms with Crippen LogP contribution < -0.4 is 5.32 Å². The normalized spacial score (nSPS) is 24.4. The molecule has 0 bridgehead atoms. The Kier molecular flexibility index (Phi) is 3.61. The van der Waals surface area contributed by atoms with Crippen LogP contribution in [-0.2, 0) is 9.53 Å². The van der Waals surface area contributed by atoms with Gasteiger partial charge in [0.15, 0.2) is 0 Å². The minimum Gasteiger partial charge on any atom is -0.469 e. The van der Waals surface area contributed by atoms with Gasteiger partial charge in [-0.1, -0.05) is 34.1 Å². The van der Waals surface area contributed by atoms with E-state index in [1.165, 1.54) is 12.7 Å².